The molecule has 0 unspecified atom stereocenters. The average Bonchev–Trinajstić information content (AvgIpc) is 3.41. The first-order valence-corrected chi connectivity index (χ1v) is 11.0. The topological polar surface area (TPSA) is 107 Å². The van der Waals surface area contributed by atoms with Crippen molar-refractivity contribution in [3.63, 3.8) is 0 Å². The fraction of sp³-hybridized carbons (Fsp3) is 0.333. The highest BCUT2D eigenvalue weighted by atomic mass is 32.1. The molecule has 1 aliphatic carbocycles. The summed E-state index contributed by atoms with van der Waals surface area (Å²) in [4.78, 5) is 22.2. The van der Waals surface area contributed by atoms with E-state index in [1.807, 2.05) is 35.7 Å². The molecule has 1 saturated carbocycles. The van der Waals surface area contributed by atoms with E-state index in [-0.39, 0.29) is 12.5 Å². The van der Waals surface area contributed by atoms with Crippen LogP contribution in [0.15, 0.2) is 52.5 Å². The minimum Gasteiger partial charge on any atom is -0.389 e. The predicted octanol–water partition coefficient (Wildman–Crippen LogP) is 3.46. The Kier molecular flexibility index (Phi) is 6.78. The van der Waals surface area contributed by atoms with E-state index >= 15 is 0 Å². The molecule has 0 aliphatic heterocycles. The van der Waals surface area contributed by atoms with Gasteiger partial charge in [-0.2, -0.15) is 0 Å². The van der Waals surface area contributed by atoms with E-state index in [1.54, 1.807) is 13.1 Å². The molecule has 3 aromatic rings. The van der Waals surface area contributed by atoms with Gasteiger partial charge in [-0.3, -0.25) is 10.1 Å². The zero-order valence-corrected chi connectivity index (χ0v) is 18.0. The maximum atomic E-state index is 12.2. The Hall–Kier alpha value is -3.40. The van der Waals surface area contributed by atoms with Gasteiger partial charge in [0.15, 0.2) is 17.5 Å². The summed E-state index contributed by atoms with van der Waals surface area (Å²) in [7, 11) is 1.74. The van der Waals surface area contributed by atoms with Gasteiger partial charge in [0.1, 0.15) is 0 Å². The minimum atomic E-state index is -0.127. The lowest BCUT2D eigenvalue weighted by molar-refractivity contribution is -0.112. The standard InChI is InChI=1S/C21H23N7O2S/c1-28-20(24-26-27-28)19(16-10-6-3-7-11-16)25-30-13-17-14-31-21(22-17)23-18(29)12-15-8-4-2-5-9-15/h3,6-7,10-12,14H,2,4-5,8-9,13H2,1H3,(H,22,23,29)/b25-19+. The molecule has 1 aromatic carbocycles. The van der Waals surface area contributed by atoms with Crippen molar-refractivity contribution < 1.29 is 9.63 Å². The first kappa shape index (κ1) is 20.9. The fourth-order valence-corrected chi connectivity index (χ4v) is 4.02. The van der Waals surface area contributed by atoms with Gasteiger partial charge in [-0.25, -0.2) is 9.67 Å². The molecule has 1 fully saturated rings. The number of anilines is 1. The monoisotopic (exact) mass is 437 g/mol. The number of carbonyl (C=O) groups excluding carboxylic acids is 1. The number of benzene rings is 1. The molecule has 10 heteroatoms. The lowest BCUT2D eigenvalue weighted by Crippen LogP contribution is -2.12. The Bertz CT molecular complexity index is 1080. The molecule has 1 aliphatic rings. The van der Waals surface area contributed by atoms with Gasteiger partial charge in [-0.1, -0.05) is 47.5 Å². The van der Waals surface area contributed by atoms with Crippen LogP contribution >= 0.6 is 11.3 Å². The molecular weight excluding hydrogens is 414 g/mol. The molecule has 1 amide bonds. The highest BCUT2D eigenvalue weighted by molar-refractivity contribution is 7.13. The third kappa shape index (κ3) is 5.60. The number of aromatic nitrogens is 5. The van der Waals surface area contributed by atoms with Crippen molar-refractivity contribution in [3.8, 4) is 0 Å². The molecule has 0 saturated heterocycles. The molecule has 31 heavy (non-hydrogen) atoms. The lowest BCUT2D eigenvalue weighted by Gasteiger charge is -2.12. The summed E-state index contributed by atoms with van der Waals surface area (Å²) in [5.41, 5.74) is 3.25. The molecular formula is C21H23N7O2S. The Balaban J connectivity index is 1.39. The van der Waals surface area contributed by atoms with Crippen molar-refractivity contribution in [2.24, 2.45) is 12.2 Å². The summed E-state index contributed by atoms with van der Waals surface area (Å²) in [5.74, 6) is 0.367. The van der Waals surface area contributed by atoms with Gasteiger partial charge in [-0.05, 0) is 36.1 Å². The van der Waals surface area contributed by atoms with Crippen LogP contribution in [-0.2, 0) is 23.3 Å². The molecule has 2 aromatic heterocycles. The van der Waals surface area contributed by atoms with Crippen molar-refractivity contribution in [1.82, 2.24) is 25.2 Å². The smallest absolute Gasteiger partial charge is 0.250 e. The van der Waals surface area contributed by atoms with Crippen molar-refractivity contribution in [2.45, 2.75) is 38.7 Å². The van der Waals surface area contributed by atoms with Crippen LogP contribution in [0.3, 0.4) is 0 Å². The zero-order valence-electron chi connectivity index (χ0n) is 17.2. The molecule has 0 bridgehead atoms. The zero-order chi connectivity index (χ0) is 21.5. The Labute approximate surface area is 183 Å². The summed E-state index contributed by atoms with van der Waals surface area (Å²) in [6.07, 6.45) is 7.29. The van der Waals surface area contributed by atoms with E-state index in [1.165, 1.54) is 28.0 Å². The van der Waals surface area contributed by atoms with Gasteiger partial charge < -0.3 is 4.84 Å². The number of hydrogen-bond donors (Lipinski definition) is 1. The van der Waals surface area contributed by atoms with Crippen LogP contribution in [0, 0.1) is 0 Å². The number of tetrazole rings is 1. The number of oxime groups is 1. The van der Waals surface area contributed by atoms with Gasteiger partial charge >= 0.3 is 0 Å². The van der Waals surface area contributed by atoms with Crippen molar-refractivity contribution in [3.05, 3.63) is 64.4 Å². The summed E-state index contributed by atoms with van der Waals surface area (Å²) < 4.78 is 1.53. The van der Waals surface area contributed by atoms with Gasteiger partial charge in [0.25, 0.3) is 0 Å². The van der Waals surface area contributed by atoms with Gasteiger partial charge in [0, 0.05) is 24.1 Å². The number of amides is 1. The van der Waals surface area contributed by atoms with E-state index in [0.717, 1.165) is 31.2 Å². The second kappa shape index (κ2) is 10.1. The maximum Gasteiger partial charge on any atom is 0.250 e. The van der Waals surface area contributed by atoms with Crippen LogP contribution in [-0.4, -0.2) is 36.8 Å². The van der Waals surface area contributed by atoms with Crippen molar-refractivity contribution in [1.29, 1.82) is 0 Å². The highest BCUT2D eigenvalue weighted by Crippen LogP contribution is 2.23. The van der Waals surface area contributed by atoms with Crippen LogP contribution in [0.25, 0.3) is 0 Å². The van der Waals surface area contributed by atoms with Crippen molar-refractivity contribution >= 4 is 28.1 Å². The third-order valence-electron chi connectivity index (χ3n) is 4.86. The lowest BCUT2D eigenvalue weighted by atomic mass is 9.95. The Morgan fingerprint density at radius 1 is 1.26 bits per heavy atom. The average molecular weight is 438 g/mol. The largest absolute Gasteiger partial charge is 0.389 e. The number of hydrogen-bond acceptors (Lipinski definition) is 8. The first-order valence-electron chi connectivity index (χ1n) is 10.1. The first-order chi connectivity index (χ1) is 15.2. The van der Waals surface area contributed by atoms with E-state index < -0.39 is 0 Å². The summed E-state index contributed by atoms with van der Waals surface area (Å²) >= 11 is 1.36. The van der Waals surface area contributed by atoms with E-state index in [9.17, 15) is 4.79 Å². The van der Waals surface area contributed by atoms with Crippen LogP contribution in [0.2, 0.25) is 0 Å². The normalized spacial score (nSPS) is 14.4. The fourth-order valence-electron chi connectivity index (χ4n) is 3.32. The highest BCUT2D eigenvalue weighted by Gasteiger charge is 2.15. The molecule has 4 rings (SSSR count). The molecule has 0 atom stereocenters. The summed E-state index contributed by atoms with van der Waals surface area (Å²) in [6, 6.07) is 9.56. The van der Waals surface area contributed by atoms with E-state index in [0.29, 0.717) is 22.4 Å². The van der Waals surface area contributed by atoms with Crippen LogP contribution in [0.1, 0.15) is 49.2 Å². The number of nitrogens with one attached hydrogen (secondary N) is 1. The molecule has 9 nitrogen and oxygen atoms in total. The van der Waals surface area contributed by atoms with Crippen molar-refractivity contribution in [2.75, 3.05) is 5.32 Å². The molecule has 1 N–H and O–H groups in total. The van der Waals surface area contributed by atoms with Crippen LogP contribution < -0.4 is 5.32 Å². The van der Waals surface area contributed by atoms with Gasteiger partial charge in [-0.15, -0.1) is 16.4 Å². The van der Waals surface area contributed by atoms with Gasteiger partial charge in [0.05, 0.1) is 5.69 Å². The second-order valence-electron chi connectivity index (χ2n) is 7.20. The number of carbonyl (C=O) groups is 1. The Morgan fingerprint density at radius 3 is 2.81 bits per heavy atom. The van der Waals surface area contributed by atoms with Gasteiger partial charge in [0.2, 0.25) is 11.7 Å². The number of aryl methyl sites for hydroxylation is 1. The number of allylic oxidation sites excluding steroid dienone is 1. The van der Waals surface area contributed by atoms with E-state index in [2.05, 4.69) is 31.0 Å². The Morgan fingerprint density at radius 2 is 2.06 bits per heavy atom. The quantitative estimate of drug-likeness (QED) is 0.345. The number of nitrogens with zero attached hydrogens (tertiary/aromatic N) is 6. The summed E-state index contributed by atoms with van der Waals surface area (Å²) in [5, 5.41) is 21.0. The minimum absolute atomic E-state index is 0.127. The molecule has 0 spiro atoms. The van der Waals surface area contributed by atoms with Crippen LogP contribution in [0.4, 0.5) is 5.13 Å². The third-order valence-corrected chi connectivity index (χ3v) is 5.67. The SMILES string of the molecule is Cn1nnnc1/C(=N/OCc1csc(NC(=O)C=C2CCCCC2)n1)c1ccccc1. The summed E-state index contributed by atoms with van der Waals surface area (Å²) in [6.45, 7) is 0.162. The predicted molar refractivity (Wildman–Crippen MR) is 118 cm³/mol. The molecule has 160 valence electrons. The van der Waals surface area contributed by atoms with E-state index in [4.69, 9.17) is 4.84 Å². The maximum absolute atomic E-state index is 12.2. The molecule has 2 heterocycles. The molecule has 0 radical (unpaired) electrons. The number of thiazole rings is 1. The van der Waals surface area contributed by atoms with Crippen LogP contribution in [0.5, 0.6) is 0 Å². The number of rotatable bonds is 7. The second-order valence-corrected chi connectivity index (χ2v) is 8.06.